The molecule has 4 aromatic rings. The van der Waals surface area contributed by atoms with Crippen molar-refractivity contribution in [3.63, 3.8) is 0 Å². The first kappa shape index (κ1) is 38.3. The zero-order chi connectivity index (χ0) is 34.7. The molecular formula is C47H66N2. The number of rotatable bonds is 23. The van der Waals surface area contributed by atoms with Crippen LogP contribution >= 0.6 is 0 Å². The minimum Gasteiger partial charge on any atom is -0.399 e. The molecule has 0 radical (unpaired) electrons. The Hall–Kier alpha value is -3.52. The second-order valence-electron chi connectivity index (χ2n) is 14.7. The van der Waals surface area contributed by atoms with Gasteiger partial charge in [-0.1, -0.05) is 171 Å². The predicted octanol–water partition coefficient (Wildman–Crippen LogP) is 13.4. The number of unbranched alkanes of at least 4 members (excludes halogenated alkanes) is 9. The molecule has 4 N–H and O–H groups in total. The molecule has 0 saturated heterocycles. The Bertz CT molecular complexity index is 1310. The molecule has 2 atom stereocenters. The van der Waals surface area contributed by atoms with Crippen LogP contribution in [0.1, 0.15) is 162 Å². The van der Waals surface area contributed by atoms with Gasteiger partial charge in [0.2, 0.25) is 0 Å². The summed E-state index contributed by atoms with van der Waals surface area (Å²) in [6.07, 6.45) is 21.6. The van der Waals surface area contributed by atoms with E-state index in [4.69, 9.17) is 11.5 Å². The molecule has 2 unspecified atom stereocenters. The van der Waals surface area contributed by atoms with E-state index in [9.17, 15) is 0 Å². The third-order valence-corrected chi connectivity index (χ3v) is 10.6. The van der Waals surface area contributed by atoms with Crippen molar-refractivity contribution in [2.75, 3.05) is 11.5 Å². The molecular weight excluding hydrogens is 593 g/mol. The van der Waals surface area contributed by atoms with Gasteiger partial charge in [0.05, 0.1) is 0 Å². The van der Waals surface area contributed by atoms with Crippen molar-refractivity contribution in [2.45, 2.75) is 142 Å². The summed E-state index contributed by atoms with van der Waals surface area (Å²) in [6.45, 7) is 6.89. The molecule has 0 bridgehead atoms. The van der Waals surface area contributed by atoms with Crippen LogP contribution in [0, 0.1) is 5.92 Å². The van der Waals surface area contributed by atoms with Gasteiger partial charge in [-0.15, -0.1) is 0 Å². The van der Waals surface area contributed by atoms with Crippen LogP contribution in [0.25, 0.3) is 0 Å². The van der Waals surface area contributed by atoms with Crippen molar-refractivity contribution in [2.24, 2.45) is 5.92 Å². The fourth-order valence-corrected chi connectivity index (χ4v) is 7.63. The molecule has 0 amide bonds. The summed E-state index contributed by atoms with van der Waals surface area (Å²) in [4.78, 5) is 0. The van der Waals surface area contributed by atoms with Crippen LogP contribution in [-0.2, 0) is 12.8 Å². The average Bonchev–Trinajstić information content (AvgIpc) is 3.12. The van der Waals surface area contributed by atoms with Gasteiger partial charge in [0.1, 0.15) is 0 Å². The van der Waals surface area contributed by atoms with Crippen LogP contribution in [0.4, 0.5) is 11.4 Å². The first-order valence-corrected chi connectivity index (χ1v) is 19.9. The summed E-state index contributed by atoms with van der Waals surface area (Å²) in [5, 5.41) is 0. The molecule has 2 nitrogen and oxygen atoms in total. The summed E-state index contributed by atoms with van der Waals surface area (Å²) >= 11 is 0. The maximum Gasteiger partial charge on any atom is 0.0314 e. The summed E-state index contributed by atoms with van der Waals surface area (Å²) in [5.74, 6) is 1.51. The normalized spacial score (nSPS) is 13.3. The van der Waals surface area contributed by atoms with Gasteiger partial charge < -0.3 is 11.5 Å². The minimum absolute atomic E-state index is 0.429. The van der Waals surface area contributed by atoms with Gasteiger partial charge in [0.15, 0.2) is 0 Å². The lowest BCUT2D eigenvalue weighted by Gasteiger charge is -2.21. The molecule has 0 aliphatic carbocycles. The topological polar surface area (TPSA) is 52.0 Å². The van der Waals surface area contributed by atoms with Gasteiger partial charge in [0, 0.05) is 23.2 Å². The number of nitrogen functional groups attached to an aromatic ring is 2. The number of hydrogen-bond donors (Lipinski definition) is 2. The number of benzene rings is 4. The Labute approximate surface area is 300 Å². The molecule has 0 heterocycles. The van der Waals surface area contributed by atoms with Gasteiger partial charge in [0.25, 0.3) is 0 Å². The van der Waals surface area contributed by atoms with Gasteiger partial charge in [-0.3, -0.25) is 0 Å². The highest BCUT2D eigenvalue weighted by Crippen LogP contribution is 2.33. The first-order valence-electron chi connectivity index (χ1n) is 19.9. The van der Waals surface area contributed by atoms with Gasteiger partial charge in [-0.25, -0.2) is 0 Å². The molecule has 0 aromatic heterocycles. The Morgan fingerprint density at radius 1 is 0.367 bits per heavy atom. The average molecular weight is 659 g/mol. The third-order valence-electron chi connectivity index (χ3n) is 10.6. The van der Waals surface area contributed by atoms with Gasteiger partial charge >= 0.3 is 0 Å². The molecule has 0 fully saturated rings. The standard InChI is InChI=1S/C47H66N2/c1-4-7-10-13-16-39(35-37-19-23-40(24-20-37)46(17-14-11-8-5-2)42-27-31-44(48)32-28-42)36-38-21-25-41(26-22-38)47(18-15-12-9-6-3)43-29-33-45(49)34-30-43/h19-34,39,46-47H,4-18,35-36,48-49H2,1-3H3. The summed E-state index contributed by atoms with van der Waals surface area (Å²) in [6, 6.07) is 36.5. The zero-order valence-electron chi connectivity index (χ0n) is 31.1. The maximum atomic E-state index is 6.05. The Balaban J connectivity index is 1.47. The molecule has 4 rings (SSSR count). The largest absolute Gasteiger partial charge is 0.399 e. The lowest BCUT2D eigenvalue weighted by molar-refractivity contribution is 0.449. The fourth-order valence-electron chi connectivity index (χ4n) is 7.63. The first-order chi connectivity index (χ1) is 24.0. The van der Waals surface area contributed by atoms with Crippen molar-refractivity contribution in [1.82, 2.24) is 0 Å². The van der Waals surface area contributed by atoms with Crippen molar-refractivity contribution in [1.29, 1.82) is 0 Å². The lowest BCUT2D eigenvalue weighted by atomic mass is 9.83. The van der Waals surface area contributed by atoms with E-state index in [0.717, 1.165) is 24.2 Å². The van der Waals surface area contributed by atoms with Crippen LogP contribution < -0.4 is 11.5 Å². The van der Waals surface area contributed by atoms with Gasteiger partial charge in [-0.2, -0.15) is 0 Å². The second kappa shape index (κ2) is 21.5. The van der Waals surface area contributed by atoms with E-state index in [1.54, 1.807) is 0 Å². The maximum absolute atomic E-state index is 6.05. The molecule has 2 heteroatoms. The minimum atomic E-state index is 0.429. The highest BCUT2D eigenvalue weighted by molar-refractivity contribution is 5.44. The van der Waals surface area contributed by atoms with E-state index in [-0.39, 0.29) is 0 Å². The van der Waals surface area contributed by atoms with Crippen molar-refractivity contribution in [3.05, 3.63) is 130 Å². The second-order valence-corrected chi connectivity index (χ2v) is 14.7. The van der Waals surface area contributed by atoms with Crippen LogP contribution in [0.15, 0.2) is 97.1 Å². The van der Waals surface area contributed by atoms with E-state index in [1.807, 2.05) is 0 Å². The van der Waals surface area contributed by atoms with Gasteiger partial charge in [-0.05, 0) is 95.7 Å². The zero-order valence-corrected chi connectivity index (χ0v) is 31.1. The quantitative estimate of drug-likeness (QED) is 0.0615. The third kappa shape index (κ3) is 13.0. The Kier molecular flexibility index (Phi) is 16.8. The smallest absolute Gasteiger partial charge is 0.0314 e. The number of nitrogens with two attached hydrogens (primary N) is 2. The molecule has 264 valence electrons. The van der Waals surface area contributed by atoms with E-state index in [2.05, 4.69) is 118 Å². The van der Waals surface area contributed by atoms with E-state index >= 15 is 0 Å². The van der Waals surface area contributed by atoms with Crippen molar-refractivity contribution in [3.8, 4) is 0 Å². The Morgan fingerprint density at radius 3 is 1.00 bits per heavy atom. The summed E-state index contributed by atoms with van der Waals surface area (Å²) in [5.41, 5.74) is 22.4. The van der Waals surface area contributed by atoms with E-state index in [1.165, 1.54) is 130 Å². The highest BCUT2D eigenvalue weighted by Gasteiger charge is 2.18. The Morgan fingerprint density at radius 2 is 0.673 bits per heavy atom. The monoisotopic (exact) mass is 659 g/mol. The molecule has 4 aromatic carbocycles. The summed E-state index contributed by atoms with van der Waals surface area (Å²) < 4.78 is 0. The fraction of sp³-hybridized carbons (Fsp3) is 0.489. The molecule has 0 saturated carbocycles. The molecule has 0 spiro atoms. The van der Waals surface area contributed by atoms with Crippen LogP contribution in [-0.4, -0.2) is 0 Å². The van der Waals surface area contributed by atoms with E-state index < -0.39 is 0 Å². The van der Waals surface area contributed by atoms with E-state index in [0.29, 0.717) is 17.8 Å². The van der Waals surface area contributed by atoms with Crippen molar-refractivity contribution < 1.29 is 0 Å². The lowest BCUT2D eigenvalue weighted by Crippen LogP contribution is -2.10. The molecule has 0 aliphatic rings. The number of hydrogen-bond acceptors (Lipinski definition) is 2. The number of anilines is 2. The highest BCUT2D eigenvalue weighted by atomic mass is 14.5. The van der Waals surface area contributed by atoms with Crippen LogP contribution in [0.3, 0.4) is 0 Å². The van der Waals surface area contributed by atoms with Crippen LogP contribution in [0.5, 0.6) is 0 Å². The summed E-state index contributed by atoms with van der Waals surface area (Å²) in [7, 11) is 0. The molecule has 49 heavy (non-hydrogen) atoms. The predicted molar refractivity (Wildman–Crippen MR) is 215 cm³/mol. The molecule has 0 aliphatic heterocycles. The van der Waals surface area contributed by atoms with Crippen LogP contribution in [0.2, 0.25) is 0 Å². The SMILES string of the molecule is CCCCCCC(Cc1ccc(C(CCCCCC)c2ccc(N)cc2)cc1)Cc1ccc(C(CCCCCC)c2ccc(N)cc2)cc1. The van der Waals surface area contributed by atoms with Crippen molar-refractivity contribution >= 4 is 11.4 Å².